The van der Waals surface area contributed by atoms with Gasteiger partial charge in [-0.3, -0.25) is 9.36 Å². The van der Waals surface area contributed by atoms with Crippen LogP contribution in [0.15, 0.2) is 45.8 Å². The predicted octanol–water partition coefficient (Wildman–Crippen LogP) is 2.41. The normalized spacial score (nSPS) is 12.1. The van der Waals surface area contributed by atoms with Crippen molar-refractivity contribution in [2.24, 2.45) is 7.05 Å². The molecule has 142 valence electrons. The zero-order valence-electron chi connectivity index (χ0n) is 14.8. The molecule has 0 aliphatic rings. The molecule has 0 saturated carbocycles. The molecule has 0 spiro atoms. The largest absolute Gasteiger partial charge is 0.452 e. The van der Waals surface area contributed by atoms with Crippen molar-refractivity contribution in [2.45, 2.75) is 13.0 Å². The third-order valence-electron chi connectivity index (χ3n) is 3.92. The van der Waals surface area contributed by atoms with Gasteiger partial charge < -0.3 is 9.26 Å². The summed E-state index contributed by atoms with van der Waals surface area (Å²) in [6.07, 6.45) is 0.930. The summed E-state index contributed by atoms with van der Waals surface area (Å²) >= 11 is 5.99. The molecule has 0 bridgehead atoms. The summed E-state index contributed by atoms with van der Waals surface area (Å²) in [6, 6.07) is 8.72. The average molecular weight is 400 g/mol. The second-order valence-corrected chi connectivity index (χ2v) is 6.36. The number of hydrogen-bond acceptors (Lipinski definition) is 8. The van der Waals surface area contributed by atoms with Gasteiger partial charge in [-0.05, 0) is 25.1 Å². The first-order valence-corrected chi connectivity index (χ1v) is 8.60. The standard InChI is InChI=1S/C17H14ClN7O3/c1-9(14-20-16(28-24-14)10-4-3-5-12(18)6-10)27-17-23-22-15(25(17)2)11-7-13(26)21-19-8-11/h3-9H,1-2H3,(H,21,26)/t9-/m1/s1. The number of benzene rings is 1. The van der Waals surface area contributed by atoms with E-state index in [0.717, 1.165) is 0 Å². The third kappa shape index (κ3) is 3.49. The molecule has 4 aromatic rings. The van der Waals surface area contributed by atoms with Crippen molar-refractivity contribution in [2.75, 3.05) is 0 Å². The summed E-state index contributed by atoms with van der Waals surface area (Å²) in [4.78, 5) is 15.8. The molecule has 3 heterocycles. The summed E-state index contributed by atoms with van der Waals surface area (Å²) in [6.45, 7) is 1.76. The Morgan fingerprint density at radius 2 is 2.11 bits per heavy atom. The van der Waals surface area contributed by atoms with Gasteiger partial charge in [-0.15, -0.1) is 5.10 Å². The maximum absolute atomic E-state index is 11.4. The van der Waals surface area contributed by atoms with Crippen LogP contribution in [-0.4, -0.2) is 35.1 Å². The maximum atomic E-state index is 11.4. The Balaban J connectivity index is 1.55. The first kappa shape index (κ1) is 17.9. The molecule has 1 aromatic carbocycles. The van der Waals surface area contributed by atoms with E-state index in [1.54, 1.807) is 36.7 Å². The Morgan fingerprint density at radius 1 is 1.25 bits per heavy atom. The zero-order chi connectivity index (χ0) is 19.7. The molecule has 0 aliphatic heterocycles. The van der Waals surface area contributed by atoms with Crippen molar-refractivity contribution in [3.8, 4) is 28.9 Å². The summed E-state index contributed by atoms with van der Waals surface area (Å²) in [5.41, 5.74) is 0.891. The van der Waals surface area contributed by atoms with Crippen molar-refractivity contribution in [1.29, 1.82) is 0 Å². The Kier molecular flexibility index (Phi) is 4.62. The molecule has 11 heteroatoms. The minimum absolute atomic E-state index is 0.233. The highest BCUT2D eigenvalue weighted by Gasteiger charge is 2.20. The van der Waals surface area contributed by atoms with Gasteiger partial charge in [0.1, 0.15) is 0 Å². The topological polar surface area (TPSA) is 125 Å². The number of halogens is 1. The van der Waals surface area contributed by atoms with Crippen molar-refractivity contribution < 1.29 is 9.26 Å². The van der Waals surface area contributed by atoms with E-state index in [1.165, 1.54) is 12.3 Å². The number of rotatable bonds is 5. The highest BCUT2D eigenvalue weighted by Crippen LogP contribution is 2.25. The van der Waals surface area contributed by atoms with E-state index in [9.17, 15) is 4.79 Å². The molecule has 0 fully saturated rings. The SMILES string of the molecule is C[C@@H](Oc1nnc(-c2cn[nH]c(=O)c2)n1C)c1noc(-c2cccc(Cl)c2)n1. The van der Waals surface area contributed by atoms with Crippen LogP contribution >= 0.6 is 11.6 Å². The smallest absolute Gasteiger partial charge is 0.317 e. The predicted molar refractivity (Wildman–Crippen MR) is 98.6 cm³/mol. The molecule has 0 saturated heterocycles. The molecule has 3 aromatic heterocycles. The number of H-pyrrole nitrogens is 1. The average Bonchev–Trinajstić information content (AvgIpc) is 3.30. The minimum atomic E-state index is -0.551. The van der Waals surface area contributed by atoms with E-state index in [1.807, 2.05) is 6.07 Å². The molecule has 0 amide bonds. The second kappa shape index (κ2) is 7.24. The van der Waals surface area contributed by atoms with Crippen LogP contribution in [0.1, 0.15) is 18.9 Å². The lowest BCUT2D eigenvalue weighted by molar-refractivity contribution is 0.186. The summed E-state index contributed by atoms with van der Waals surface area (Å²) in [7, 11) is 1.71. The van der Waals surface area contributed by atoms with Crippen LogP contribution in [0.25, 0.3) is 22.8 Å². The molecule has 28 heavy (non-hydrogen) atoms. The fraction of sp³-hybridized carbons (Fsp3) is 0.176. The lowest BCUT2D eigenvalue weighted by Crippen LogP contribution is -2.09. The van der Waals surface area contributed by atoms with E-state index in [4.69, 9.17) is 20.9 Å². The van der Waals surface area contributed by atoms with Crippen LogP contribution in [-0.2, 0) is 7.05 Å². The van der Waals surface area contributed by atoms with Gasteiger partial charge in [0.05, 0.1) is 6.20 Å². The van der Waals surface area contributed by atoms with Gasteiger partial charge in [-0.25, -0.2) is 5.10 Å². The van der Waals surface area contributed by atoms with Crippen LogP contribution < -0.4 is 10.3 Å². The molecule has 10 nitrogen and oxygen atoms in total. The summed E-state index contributed by atoms with van der Waals surface area (Å²) < 4.78 is 12.7. The van der Waals surface area contributed by atoms with Gasteiger partial charge in [0.15, 0.2) is 11.9 Å². The van der Waals surface area contributed by atoms with Crippen LogP contribution in [0.2, 0.25) is 5.02 Å². The van der Waals surface area contributed by atoms with E-state index < -0.39 is 6.10 Å². The monoisotopic (exact) mass is 399 g/mol. The van der Waals surface area contributed by atoms with Crippen molar-refractivity contribution in [3.05, 3.63) is 57.7 Å². The Labute approximate surface area is 163 Å². The number of aromatic amines is 1. The van der Waals surface area contributed by atoms with E-state index >= 15 is 0 Å². The van der Waals surface area contributed by atoms with Crippen LogP contribution in [0.5, 0.6) is 6.01 Å². The molecule has 0 radical (unpaired) electrons. The lowest BCUT2D eigenvalue weighted by atomic mass is 10.2. The van der Waals surface area contributed by atoms with Gasteiger partial charge >= 0.3 is 6.01 Å². The van der Waals surface area contributed by atoms with Gasteiger partial charge in [0.25, 0.3) is 11.4 Å². The van der Waals surface area contributed by atoms with Gasteiger partial charge in [-0.1, -0.05) is 27.9 Å². The lowest BCUT2D eigenvalue weighted by Gasteiger charge is -2.09. The van der Waals surface area contributed by atoms with Crippen molar-refractivity contribution >= 4 is 11.6 Å². The van der Waals surface area contributed by atoms with Crippen LogP contribution in [0.4, 0.5) is 0 Å². The second-order valence-electron chi connectivity index (χ2n) is 5.93. The number of ether oxygens (including phenoxy) is 1. The fourth-order valence-corrected chi connectivity index (χ4v) is 2.71. The number of nitrogens with one attached hydrogen (secondary N) is 1. The minimum Gasteiger partial charge on any atom is -0.452 e. The number of hydrogen-bond donors (Lipinski definition) is 1. The quantitative estimate of drug-likeness (QED) is 0.542. The van der Waals surface area contributed by atoms with Crippen LogP contribution in [0.3, 0.4) is 0 Å². The molecule has 1 atom stereocenters. The van der Waals surface area contributed by atoms with Crippen LogP contribution in [0, 0.1) is 0 Å². The van der Waals surface area contributed by atoms with Gasteiger partial charge in [0, 0.05) is 29.3 Å². The molecular formula is C17H14ClN7O3. The molecule has 0 aliphatic carbocycles. The number of nitrogens with zero attached hydrogens (tertiary/aromatic N) is 6. The molecule has 1 N–H and O–H groups in total. The summed E-state index contributed by atoms with van der Waals surface area (Å²) in [5.74, 6) is 1.12. The third-order valence-corrected chi connectivity index (χ3v) is 4.15. The van der Waals surface area contributed by atoms with Crippen molar-refractivity contribution in [1.82, 2.24) is 35.1 Å². The maximum Gasteiger partial charge on any atom is 0.317 e. The first-order valence-electron chi connectivity index (χ1n) is 8.22. The fourth-order valence-electron chi connectivity index (χ4n) is 2.52. The molecular weight excluding hydrogens is 386 g/mol. The van der Waals surface area contributed by atoms with E-state index in [2.05, 4.69) is 30.5 Å². The summed E-state index contributed by atoms with van der Waals surface area (Å²) in [5, 5.41) is 18.7. The van der Waals surface area contributed by atoms with Crippen molar-refractivity contribution in [3.63, 3.8) is 0 Å². The first-order chi connectivity index (χ1) is 13.5. The van der Waals surface area contributed by atoms with Gasteiger partial charge in [-0.2, -0.15) is 10.1 Å². The Hall–Kier alpha value is -3.53. The Morgan fingerprint density at radius 3 is 2.89 bits per heavy atom. The molecule has 0 unspecified atom stereocenters. The molecule has 4 rings (SSSR count). The van der Waals surface area contributed by atoms with E-state index in [-0.39, 0.29) is 11.6 Å². The highest BCUT2D eigenvalue weighted by atomic mass is 35.5. The highest BCUT2D eigenvalue weighted by molar-refractivity contribution is 6.30. The van der Waals surface area contributed by atoms with E-state index in [0.29, 0.717) is 33.7 Å². The zero-order valence-corrected chi connectivity index (χ0v) is 15.6. The Bertz CT molecular complexity index is 1180. The number of aromatic nitrogens is 7. The van der Waals surface area contributed by atoms with Gasteiger partial charge in [0.2, 0.25) is 5.82 Å².